The third kappa shape index (κ3) is 3.61. The van der Waals surface area contributed by atoms with E-state index < -0.39 is 10.0 Å². The molecule has 2 rings (SSSR count). The van der Waals surface area contributed by atoms with Crippen LogP contribution in [0.5, 0.6) is 0 Å². The highest BCUT2D eigenvalue weighted by Crippen LogP contribution is 2.29. The van der Waals surface area contributed by atoms with E-state index >= 15 is 0 Å². The molecule has 3 unspecified atom stereocenters. The Labute approximate surface area is 122 Å². The Morgan fingerprint density at radius 1 is 1.32 bits per heavy atom. The summed E-state index contributed by atoms with van der Waals surface area (Å²) in [5.74, 6) is 0.350. The normalized spacial score (nSPS) is 33.7. The Hall–Kier alpha value is 0.120. The third-order valence-electron chi connectivity index (χ3n) is 4.17. The quantitative estimate of drug-likeness (QED) is 0.843. The van der Waals surface area contributed by atoms with Gasteiger partial charge in [-0.1, -0.05) is 6.92 Å². The van der Waals surface area contributed by atoms with E-state index in [0.29, 0.717) is 38.6 Å². The van der Waals surface area contributed by atoms with Gasteiger partial charge < -0.3 is 10.5 Å². The van der Waals surface area contributed by atoms with Crippen LogP contribution in [-0.2, 0) is 14.8 Å². The van der Waals surface area contributed by atoms with Crippen molar-refractivity contribution in [2.24, 2.45) is 11.7 Å². The van der Waals surface area contributed by atoms with E-state index in [1.807, 2.05) is 0 Å². The van der Waals surface area contributed by atoms with E-state index in [4.69, 9.17) is 10.5 Å². The van der Waals surface area contributed by atoms with Gasteiger partial charge in [-0.2, -0.15) is 4.31 Å². The first-order chi connectivity index (χ1) is 8.57. The monoisotopic (exact) mass is 312 g/mol. The minimum absolute atomic E-state index is 0. The first-order valence-electron chi connectivity index (χ1n) is 6.86. The zero-order chi connectivity index (χ0) is 13.2. The average Bonchev–Trinajstić information content (AvgIpc) is 2.39. The maximum Gasteiger partial charge on any atom is 0.219 e. The summed E-state index contributed by atoms with van der Waals surface area (Å²) >= 11 is 0. The molecule has 2 fully saturated rings. The molecule has 0 spiro atoms. The van der Waals surface area contributed by atoms with E-state index in [0.717, 1.165) is 19.3 Å². The molecule has 2 N–H and O–H groups in total. The maximum atomic E-state index is 12.6. The molecule has 0 amide bonds. The molecule has 114 valence electrons. The number of sulfonamides is 1. The van der Waals surface area contributed by atoms with Gasteiger partial charge in [-0.3, -0.25) is 0 Å². The zero-order valence-electron chi connectivity index (χ0n) is 11.5. The van der Waals surface area contributed by atoms with Gasteiger partial charge in [0.05, 0.1) is 11.9 Å². The molecule has 0 aliphatic carbocycles. The molecule has 0 aromatic rings. The van der Waals surface area contributed by atoms with Gasteiger partial charge in [0.15, 0.2) is 0 Å². The van der Waals surface area contributed by atoms with Crippen molar-refractivity contribution in [2.45, 2.75) is 43.9 Å². The lowest BCUT2D eigenvalue weighted by atomic mass is 9.93. The Morgan fingerprint density at radius 3 is 2.63 bits per heavy atom. The molecule has 0 aromatic carbocycles. The van der Waals surface area contributed by atoms with Gasteiger partial charge in [0.2, 0.25) is 10.0 Å². The number of nitrogens with two attached hydrogens (primary N) is 1. The highest BCUT2D eigenvalue weighted by Gasteiger charge is 2.40. The molecule has 2 heterocycles. The van der Waals surface area contributed by atoms with E-state index in [-0.39, 0.29) is 23.7 Å². The Kier molecular flexibility index (Phi) is 6.53. The fourth-order valence-electron chi connectivity index (χ4n) is 3.01. The molecular formula is C12H25ClN2O3S. The second kappa shape index (κ2) is 7.22. The lowest BCUT2D eigenvalue weighted by Gasteiger charge is -2.40. The molecule has 0 radical (unpaired) electrons. The fraction of sp³-hybridized carbons (Fsp3) is 1.00. The minimum atomic E-state index is -3.25. The second-order valence-electron chi connectivity index (χ2n) is 5.42. The molecule has 3 atom stereocenters. The van der Waals surface area contributed by atoms with Crippen molar-refractivity contribution in [2.75, 3.05) is 26.3 Å². The van der Waals surface area contributed by atoms with Crippen LogP contribution in [0.4, 0.5) is 0 Å². The summed E-state index contributed by atoms with van der Waals surface area (Å²) in [7, 11) is -3.25. The average molecular weight is 313 g/mol. The van der Waals surface area contributed by atoms with Gasteiger partial charge in [0.25, 0.3) is 0 Å². The summed E-state index contributed by atoms with van der Waals surface area (Å²) in [6.07, 6.45) is 3.55. The highest BCUT2D eigenvalue weighted by molar-refractivity contribution is 7.89. The Morgan fingerprint density at radius 2 is 2.05 bits per heavy atom. The molecular weight excluding hydrogens is 288 g/mol. The standard InChI is InChI=1S/C12H24N2O3S.ClH/c1-10-4-2-6-14(12(10)8-13)18(15,16)11-5-3-7-17-9-11;/h10-12H,2-9,13H2,1H3;1H. The first kappa shape index (κ1) is 17.2. The number of piperidine rings is 1. The number of halogens is 1. The van der Waals surface area contributed by atoms with Crippen LogP contribution >= 0.6 is 12.4 Å². The SMILES string of the molecule is CC1CCCN(S(=O)(=O)C2CCCOC2)C1CN.Cl. The molecule has 0 saturated carbocycles. The van der Waals surface area contributed by atoms with E-state index in [9.17, 15) is 8.42 Å². The Bertz CT molecular complexity index is 371. The Balaban J connectivity index is 0.00000180. The summed E-state index contributed by atoms with van der Waals surface area (Å²) in [6.45, 7) is 4.14. The summed E-state index contributed by atoms with van der Waals surface area (Å²) < 4.78 is 32.3. The van der Waals surface area contributed by atoms with Crippen LogP contribution in [0.25, 0.3) is 0 Å². The minimum Gasteiger partial charge on any atom is -0.380 e. The summed E-state index contributed by atoms with van der Waals surface area (Å²) in [5, 5.41) is -0.370. The molecule has 0 aromatic heterocycles. The topological polar surface area (TPSA) is 72.6 Å². The van der Waals surface area contributed by atoms with Gasteiger partial charge in [-0.25, -0.2) is 8.42 Å². The number of ether oxygens (including phenoxy) is 1. The van der Waals surface area contributed by atoms with Gasteiger partial charge in [-0.15, -0.1) is 12.4 Å². The number of rotatable bonds is 3. The van der Waals surface area contributed by atoms with Crippen molar-refractivity contribution >= 4 is 22.4 Å². The van der Waals surface area contributed by atoms with Crippen LogP contribution in [-0.4, -0.2) is 50.3 Å². The maximum absolute atomic E-state index is 12.6. The lowest BCUT2D eigenvalue weighted by Crippen LogP contribution is -2.54. The highest BCUT2D eigenvalue weighted by atomic mass is 35.5. The van der Waals surface area contributed by atoms with Crippen LogP contribution in [0.15, 0.2) is 0 Å². The predicted molar refractivity (Wildman–Crippen MR) is 78.0 cm³/mol. The number of nitrogens with zero attached hydrogens (tertiary/aromatic N) is 1. The summed E-state index contributed by atoms with van der Waals surface area (Å²) in [5.41, 5.74) is 5.77. The van der Waals surface area contributed by atoms with Crippen molar-refractivity contribution in [3.63, 3.8) is 0 Å². The largest absolute Gasteiger partial charge is 0.380 e. The smallest absolute Gasteiger partial charge is 0.219 e. The van der Waals surface area contributed by atoms with Crippen LogP contribution in [0.1, 0.15) is 32.6 Å². The fourth-order valence-corrected chi connectivity index (χ4v) is 5.19. The summed E-state index contributed by atoms with van der Waals surface area (Å²) in [6, 6.07) is -0.0364. The second-order valence-corrected chi connectivity index (χ2v) is 7.58. The number of hydrogen-bond acceptors (Lipinski definition) is 4. The molecule has 2 aliphatic heterocycles. The van der Waals surface area contributed by atoms with Crippen molar-refractivity contribution in [1.29, 1.82) is 0 Å². The number of hydrogen-bond donors (Lipinski definition) is 1. The summed E-state index contributed by atoms with van der Waals surface area (Å²) in [4.78, 5) is 0. The van der Waals surface area contributed by atoms with Gasteiger partial charge in [0, 0.05) is 25.7 Å². The zero-order valence-corrected chi connectivity index (χ0v) is 13.1. The van der Waals surface area contributed by atoms with Crippen LogP contribution in [0.3, 0.4) is 0 Å². The van der Waals surface area contributed by atoms with Crippen molar-refractivity contribution in [3.05, 3.63) is 0 Å². The molecule has 2 saturated heterocycles. The van der Waals surface area contributed by atoms with Gasteiger partial charge in [0.1, 0.15) is 0 Å². The predicted octanol–water partition coefficient (Wildman–Crippen LogP) is 0.976. The van der Waals surface area contributed by atoms with Gasteiger partial charge in [-0.05, 0) is 31.6 Å². The van der Waals surface area contributed by atoms with E-state index in [2.05, 4.69) is 6.92 Å². The van der Waals surface area contributed by atoms with Crippen LogP contribution in [0.2, 0.25) is 0 Å². The third-order valence-corrected chi connectivity index (χ3v) is 6.49. The van der Waals surface area contributed by atoms with Crippen LogP contribution < -0.4 is 5.73 Å². The molecule has 7 heteroatoms. The molecule has 19 heavy (non-hydrogen) atoms. The van der Waals surface area contributed by atoms with Crippen molar-refractivity contribution < 1.29 is 13.2 Å². The van der Waals surface area contributed by atoms with E-state index in [1.165, 1.54) is 0 Å². The molecule has 5 nitrogen and oxygen atoms in total. The lowest BCUT2D eigenvalue weighted by molar-refractivity contribution is 0.0949. The van der Waals surface area contributed by atoms with E-state index in [1.54, 1.807) is 4.31 Å². The van der Waals surface area contributed by atoms with Crippen molar-refractivity contribution in [3.8, 4) is 0 Å². The molecule has 0 bridgehead atoms. The first-order valence-corrected chi connectivity index (χ1v) is 8.36. The van der Waals surface area contributed by atoms with Crippen molar-refractivity contribution in [1.82, 2.24) is 4.31 Å². The molecule has 2 aliphatic rings. The van der Waals surface area contributed by atoms with Gasteiger partial charge >= 0.3 is 0 Å². The van der Waals surface area contributed by atoms with Crippen LogP contribution in [0, 0.1) is 5.92 Å².